The van der Waals surface area contributed by atoms with Crippen LogP contribution in [0, 0.1) is 10.1 Å². The second-order valence-electron chi connectivity index (χ2n) is 4.86. The van der Waals surface area contributed by atoms with E-state index in [2.05, 4.69) is 11.7 Å². The summed E-state index contributed by atoms with van der Waals surface area (Å²) in [6, 6.07) is 4.93. The Bertz CT molecular complexity index is 772. The molecule has 1 rings (SSSR count). The molecule has 10 heteroatoms. The van der Waals surface area contributed by atoms with Gasteiger partial charge in [-0.1, -0.05) is 18.7 Å². The van der Waals surface area contributed by atoms with Gasteiger partial charge in [-0.25, -0.2) is 4.57 Å². The van der Waals surface area contributed by atoms with Gasteiger partial charge in [0.05, 0.1) is 11.5 Å². The maximum absolute atomic E-state index is 13.0. The molecule has 0 radical (unpaired) electrons. The fraction of sp³-hybridized carbons (Fsp3) is 0.235. The minimum atomic E-state index is -4.05. The van der Waals surface area contributed by atoms with Gasteiger partial charge in [0, 0.05) is 12.1 Å². The molecule has 27 heavy (non-hydrogen) atoms. The van der Waals surface area contributed by atoms with E-state index < -0.39 is 25.2 Å². The number of nitrogens with one attached hydrogen (secondary N) is 1. The summed E-state index contributed by atoms with van der Waals surface area (Å²) >= 11 is 0. The number of ether oxygens (including phenoxy) is 1. The monoisotopic (exact) mass is 396 g/mol. The number of carbonyl (C=O) groups is 1. The number of benzene rings is 1. The van der Waals surface area contributed by atoms with Crippen molar-refractivity contribution in [1.82, 2.24) is 5.09 Å². The summed E-state index contributed by atoms with van der Waals surface area (Å²) < 4.78 is 28.6. The number of rotatable bonds is 11. The number of esters is 1. The molecule has 0 aliphatic rings. The smallest absolute Gasteiger partial charge is 0.465 e. The first-order valence-corrected chi connectivity index (χ1v) is 9.47. The van der Waals surface area contributed by atoms with Crippen molar-refractivity contribution >= 4 is 19.4 Å². The molecular weight excluding hydrogens is 375 g/mol. The molecule has 0 amide bonds. The van der Waals surface area contributed by atoms with E-state index in [1.807, 2.05) is 0 Å². The average molecular weight is 396 g/mol. The largest absolute Gasteiger partial charge is 0.513 e. The Kier molecular flexibility index (Phi) is 8.98. The SMILES string of the molecule is C=C/C=C\C(=C/C)OP(=O)(NCC(=O)OCC)Oc1ccc([N+](=O)[O-])cc1. The second kappa shape index (κ2) is 10.9. The Morgan fingerprint density at radius 2 is 2.04 bits per heavy atom. The molecule has 0 aliphatic heterocycles. The summed E-state index contributed by atoms with van der Waals surface area (Å²) in [6.07, 6.45) is 6.11. The van der Waals surface area contributed by atoms with Gasteiger partial charge in [-0.3, -0.25) is 14.9 Å². The molecule has 0 fully saturated rings. The molecule has 0 aromatic heterocycles. The Morgan fingerprint density at radius 1 is 1.37 bits per heavy atom. The van der Waals surface area contributed by atoms with E-state index in [1.54, 1.807) is 19.9 Å². The van der Waals surface area contributed by atoms with Gasteiger partial charge < -0.3 is 13.8 Å². The lowest BCUT2D eigenvalue weighted by Gasteiger charge is -2.20. The van der Waals surface area contributed by atoms with Crippen molar-refractivity contribution in [3.8, 4) is 5.75 Å². The van der Waals surface area contributed by atoms with E-state index in [1.165, 1.54) is 42.5 Å². The number of hydrogen-bond acceptors (Lipinski definition) is 7. The van der Waals surface area contributed by atoms with Gasteiger partial charge in [-0.2, -0.15) is 5.09 Å². The maximum atomic E-state index is 13.0. The number of nitrogens with zero attached hydrogens (tertiary/aromatic N) is 1. The summed E-state index contributed by atoms with van der Waals surface area (Å²) in [5, 5.41) is 13.1. The van der Waals surface area contributed by atoms with E-state index >= 15 is 0 Å². The van der Waals surface area contributed by atoms with E-state index in [9.17, 15) is 19.5 Å². The third-order valence-electron chi connectivity index (χ3n) is 2.90. The summed E-state index contributed by atoms with van der Waals surface area (Å²) in [5.74, 6) is -0.378. The van der Waals surface area contributed by atoms with E-state index in [0.717, 1.165) is 0 Å². The molecule has 1 N–H and O–H groups in total. The second-order valence-corrected chi connectivity index (χ2v) is 6.53. The average Bonchev–Trinajstić information content (AvgIpc) is 2.64. The maximum Gasteiger partial charge on any atom is 0.513 e. The predicted octanol–water partition coefficient (Wildman–Crippen LogP) is 3.90. The quantitative estimate of drug-likeness (QED) is 0.149. The van der Waals surface area contributed by atoms with Crippen molar-refractivity contribution in [3.63, 3.8) is 0 Å². The third-order valence-corrected chi connectivity index (χ3v) is 4.35. The molecule has 0 saturated carbocycles. The van der Waals surface area contributed by atoms with E-state index in [4.69, 9.17) is 13.8 Å². The third kappa shape index (κ3) is 7.89. The van der Waals surface area contributed by atoms with Gasteiger partial charge in [0.1, 0.15) is 18.1 Å². The molecule has 1 unspecified atom stereocenters. The molecule has 146 valence electrons. The van der Waals surface area contributed by atoms with Gasteiger partial charge in [0.15, 0.2) is 0 Å². The molecular formula is C17H21N2O7P. The van der Waals surface area contributed by atoms with E-state index in [0.29, 0.717) is 0 Å². The highest BCUT2D eigenvalue weighted by Crippen LogP contribution is 2.46. The van der Waals surface area contributed by atoms with Crippen molar-refractivity contribution in [2.24, 2.45) is 0 Å². The minimum Gasteiger partial charge on any atom is -0.465 e. The van der Waals surface area contributed by atoms with Crippen LogP contribution in [0.4, 0.5) is 5.69 Å². The molecule has 9 nitrogen and oxygen atoms in total. The fourth-order valence-electron chi connectivity index (χ4n) is 1.71. The number of non-ortho nitro benzene ring substituents is 1. The van der Waals surface area contributed by atoms with Crippen LogP contribution in [0.25, 0.3) is 0 Å². The highest BCUT2D eigenvalue weighted by molar-refractivity contribution is 7.52. The predicted molar refractivity (Wildman–Crippen MR) is 100 cm³/mol. The van der Waals surface area contributed by atoms with Gasteiger partial charge in [0.2, 0.25) is 0 Å². The van der Waals surface area contributed by atoms with Crippen LogP contribution in [-0.2, 0) is 18.6 Å². The van der Waals surface area contributed by atoms with Crippen LogP contribution in [0.3, 0.4) is 0 Å². The van der Waals surface area contributed by atoms with Crippen molar-refractivity contribution in [2.45, 2.75) is 13.8 Å². The lowest BCUT2D eigenvalue weighted by atomic mass is 10.3. The zero-order valence-corrected chi connectivity index (χ0v) is 15.9. The molecule has 1 atom stereocenters. The first-order chi connectivity index (χ1) is 12.8. The van der Waals surface area contributed by atoms with Crippen LogP contribution < -0.4 is 9.61 Å². The van der Waals surface area contributed by atoms with Crippen LogP contribution in [0.1, 0.15) is 13.8 Å². The number of allylic oxidation sites excluding steroid dienone is 4. The van der Waals surface area contributed by atoms with E-state index in [-0.39, 0.29) is 23.8 Å². The van der Waals surface area contributed by atoms with Gasteiger partial charge in [-0.05, 0) is 38.1 Å². The first kappa shape index (κ1) is 22.1. The zero-order chi connectivity index (χ0) is 20.3. The lowest BCUT2D eigenvalue weighted by Crippen LogP contribution is -2.25. The lowest BCUT2D eigenvalue weighted by molar-refractivity contribution is -0.384. The molecule has 0 saturated heterocycles. The summed E-state index contributed by atoms with van der Waals surface area (Å²) in [7, 11) is -4.05. The normalized spacial score (nSPS) is 13.6. The Labute approximate surface area is 157 Å². The summed E-state index contributed by atoms with van der Waals surface area (Å²) in [4.78, 5) is 21.7. The molecule has 0 bridgehead atoms. The topological polar surface area (TPSA) is 117 Å². The van der Waals surface area contributed by atoms with Crippen molar-refractivity contribution in [3.05, 3.63) is 71.0 Å². The standard InChI is InChI=1S/C17H21N2O7P/c1-4-7-8-15(5-2)25-27(23,18-13-17(20)24-6-3)26-16-11-9-14(10-12-16)19(21)22/h4-5,7-12H,1,6,13H2,2-3H3,(H,18,23)/b8-7-,15-5+. The first-order valence-electron chi connectivity index (χ1n) is 7.93. The van der Waals surface area contributed by atoms with Gasteiger partial charge in [-0.15, -0.1) is 0 Å². The highest BCUT2D eigenvalue weighted by Gasteiger charge is 2.30. The van der Waals surface area contributed by atoms with Crippen molar-refractivity contribution < 1.29 is 28.1 Å². The zero-order valence-electron chi connectivity index (χ0n) is 15.0. The Morgan fingerprint density at radius 3 is 2.56 bits per heavy atom. The van der Waals surface area contributed by atoms with Crippen molar-refractivity contribution in [1.29, 1.82) is 0 Å². The molecule has 0 spiro atoms. The molecule has 1 aromatic carbocycles. The number of nitro groups is 1. The summed E-state index contributed by atoms with van der Waals surface area (Å²) in [5.41, 5.74) is -0.152. The van der Waals surface area contributed by atoms with Crippen LogP contribution in [0.5, 0.6) is 5.75 Å². The van der Waals surface area contributed by atoms with Crippen LogP contribution in [0.15, 0.2) is 60.9 Å². The van der Waals surface area contributed by atoms with Crippen molar-refractivity contribution in [2.75, 3.05) is 13.2 Å². The van der Waals surface area contributed by atoms with Crippen LogP contribution >= 0.6 is 7.75 Å². The van der Waals surface area contributed by atoms with Gasteiger partial charge in [0.25, 0.3) is 5.69 Å². The van der Waals surface area contributed by atoms with Crippen LogP contribution in [0.2, 0.25) is 0 Å². The number of carbonyl (C=O) groups excluding carboxylic acids is 1. The fourth-order valence-corrected chi connectivity index (χ4v) is 3.04. The van der Waals surface area contributed by atoms with Gasteiger partial charge >= 0.3 is 13.7 Å². The highest BCUT2D eigenvalue weighted by atomic mass is 31.2. The molecule has 0 heterocycles. The number of nitro benzene ring substituents is 1. The summed E-state index contributed by atoms with van der Waals surface area (Å²) in [6.45, 7) is 6.57. The Hall–Kier alpha value is -2.90. The molecule has 1 aromatic rings. The molecule has 0 aliphatic carbocycles. The Balaban J connectivity index is 3.02. The number of hydrogen-bond donors (Lipinski definition) is 1. The minimum absolute atomic E-state index is 0.0587. The van der Waals surface area contributed by atoms with Crippen LogP contribution in [-0.4, -0.2) is 24.0 Å².